The first kappa shape index (κ1) is 24.3. The van der Waals surface area contributed by atoms with Crippen LogP contribution in [-0.4, -0.2) is 34.2 Å². The molecule has 70 valence electrons. The Morgan fingerprint density at radius 3 is 1.36 bits per heavy atom. The fraction of sp³-hybridized carbons (Fsp3) is 0.400. The minimum atomic E-state index is -2.07. The summed E-state index contributed by atoms with van der Waals surface area (Å²) in [4.78, 5) is 27.4. The van der Waals surface area contributed by atoms with Gasteiger partial charge in [0.1, 0.15) is 0 Å². The minimum Gasteiger partial charge on any atom is -0.547 e. The van der Waals surface area contributed by atoms with Crippen LogP contribution in [0.15, 0.2) is 0 Å². The normalized spacial score (nSPS) is 9.00. The first-order chi connectivity index (χ1) is 5.29. The van der Waals surface area contributed by atoms with Crippen LogP contribution in [0.2, 0.25) is 0 Å². The summed E-state index contributed by atoms with van der Waals surface area (Å²) in [5.74, 6) is -5.44. The van der Waals surface area contributed by atoms with Crippen molar-refractivity contribution in [2.45, 2.75) is 13.0 Å². The van der Waals surface area contributed by atoms with Crippen molar-refractivity contribution in [2.75, 3.05) is 0 Å². The molecule has 0 aliphatic carbocycles. The number of aliphatic hydroxyl groups excluding tert-OH is 1. The molecule has 9 heteroatoms. The number of aliphatic carboxylic acids is 3. The van der Waals surface area contributed by atoms with Gasteiger partial charge in [0.15, 0.2) is 5.97 Å². The van der Waals surface area contributed by atoms with Crippen LogP contribution in [0.1, 0.15) is 6.92 Å². The third kappa shape index (κ3) is 23.1. The number of carbonyl (C=O) groups excluding carboxylic acids is 2. The van der Waals surface area contributed by atoms with Gasteiger partial charge in [0.25, 0.3) is 0 Å². The van der Waals surface area contributed by atoms with E-state index >= 15 is 0 Å². The molecule has 1 unspecified atom stereocenters. The Kier molecular flexibility index (Phi) is 24.3. The van der Waals surface area contributed by atoms with Gasteiger partial charge in [-0.15, -0.1) is 0 Å². The van der Waals surface area contributed by atoms with Crippen LogP contribution < -0.4 is 91.2 Å². The first-order valence-corrected chi connectivity index (χ1v) is 2.62. The molecule has 0 spiro atoms. The van der Waals surface area contributed by atoms with Crippen molar-refractivity contribution in [1.82, 2.24) is 0 Å². The maximum Gasteiger partial charge on any atom is 1.00 e. The van der Waals surface area contributed by atoms with Gasteiger partial charge in [-0.05, 0) is 6.92 Å². The predicted molar refractivity (Wildman–Crippen MR) is 29.3 cm³/mol. The van der Waals surface area contributed by atoms with Crippen molar-refractivity contribution in [3.8, 4) is 0 Å². The first-order valence-electron chi connectivity index (χ1n) is 2.62. The van der Waals surface area contributed by atoms with Gasteiger partial charge in [0.2, 0.25) is 0 Å². The van der Waals surface area contributed by atoms with Gasteiger partial charge >= 0.3 is 86.9 Å². The molecule has 7 nitrogen and oxygen atoms in total. The van der Waals surface area contributed by atoms with Crippen molar-refractivity contribution < 1.29 is 116 Å². The van der Waals surface area contributed by atoms with Gasteiger partial charge in [0, 0.05) is 0 Å². The van der Waals surface area contributed by atoms with Crippen LogP contribution in [0.5, 0.6) is 0 Å². The molecule has 0 saturated carbocycles. The summed E-state index contributed by atoms with van der Waals surface area (Å²) in [6, 6.07) is 0. The van der Waals surface area contributed by atoms with E-state index in [0.717, 1.165) is 6.92 Å². The molecule has 0 fully saturated rings. The summed E-state index contributed by atoms with van der Waals surface area (Å²) in [6.45, 7) is 1.13. The fourth-order valence-electron chi connectivity index (χ4n) is 0. The summed E-state index contributed by atoms with van der Waals surface area (Å²) in [7, 11) is 0. The number of hydrogen-bond donors (Lipinski definition) is 2. The fourth-order valence-corrected chi connectivity index (χ4v) is 0. The molecule has 14 heavy (non-hydrogen) atoms. The van der Waals surface area contributed by atoms with Gasteiger partial charge < -0.3 is 30.0 Å². The molecule has 0 amide bonds. The summed E-state index contributed by atoms with van der Waals surface area (Å²) >= 11 is 0. The summed E-state index contributed by atoms with van der Waals surface area (Å²) < 4.78 is 0. The molecule has 0 aromatic heterocycles. The molecule has 2 N–H and O–H groups in total. The molecule has 0 aromatic carbocycles. The van der Waals surface area contributed by atoms with Gasteiger partial charge in [-0.1, -0.05) is 0 Å². The molecule has 0 saturated heterocycles. The third-order valence-corrected chi connectivity index (χ3v) is 0.516. The number of carboxylic acid groups (broad SMARTS) is 3. The van der Waals surface area contributed by atoms with E-state index in [1.165, 1.54) is 0 Å². The van der Waals surface area contributed by atoms with E-state index in [9.17, 15) is 9.90 Å². The Bertz CT molecular complexity index is 181. The van der Waals surface area contributed by atoms with Crippen LogP contribution in [0.4, 0.5) is 0 Å². The Labute approximate surface area is 144 Å². The summed E-state index contributed by atoms with van der Waals surface area (Å²) in [5, 5.41) is 33.6. The van der Waals surface area contributed by atoms with E-state index in [-0.39, 0.29) is 80.9 Å². The number of carboxylic acids is 3. The van der Waals surface area contributed by atoms with E-state index in [1.54, 1.807) is 0 Å². The summed E-state index contributed by atoms with van der Waals surface area (Å²) in [6.07, 6.45) is -1.34. The van der Waals surface area contributed by atoms with Crippen LogP contribution >= 0.6 is 0 Å². The maximum absolute atomic E-state index is 9.34. The largest absolute Gasteiger partial charge is 1.00 e. The van der Waals surface area contributed by atoms with Crippen molar-refractivity contribution in [3.63, 3.8) is 0 Å². The molecule has 0 aliphatic heterocycles. The average Bonchev–Trinajstić information content (AvgIpc) is 1.88. The van der Waals surface area contributed by atoms with Crippen molar-refractivity contribution >= 4 is 17.9 Å². The number of carbonyl (C=O) groups is 3. The average molecular weight is 240 g/mol. The molecule has 0 aromatic rings. The SMILES string of the molecule is CC(O)C(=O)[O-].O=C([O-])C(=O)O.[K+].[Na+]. The molecule has 0 heterocycles. The minimum absolute atomic E-state index is 0. The Balaban J connectivity index is -0.0000000625. The monoisotopic (exact) mass is 240 g/mol. The quantitative estimate of drug-likeness (QED) is 0.343. The Hall–Kier alpha value is 1.01. The van der Waals surface area contributed by atoms with Gasteiger partial charge in [-0.3, -0.25) is 0 Å². The second-order valence-electron chi connectivity index (χ2n) is 1.59. The maximum atomic E-state index is 9.34. The molecule has 0 rings (SSSR count). The van der Waals surface area contributed by atoms with Crippen LogP contribution in [0.3, 0.4) is 0 Å². The third-order valence-electron chi connectivity index (χ3n) is 0.516. The molecule has 0 aliphatic rings. The van der Waals surface area contributed by atoms with E-state index in [2.05, 4.69) is 0 Å². The zero-order chi connectivity index (χ0) is 10.3. The van der Waals surface area contributed by atoms with Crippen LogP contribution in [-0.2, 0) is 14.4 Å². The predicted octanol–water partition coefficient (Wildman–Crippen LogP) is -10.1. The van der Waals surface area contributed by atoms with Gasteiger partial charge in [-0.2, -0.15) is 0 Å². The van der Waals surface area contributed by atoms with E-state index in [4.69, 9.17) is 24.9 Å². The second kappa shape index (κ2) is 14.0. The molecule has 1 atom stereocenters. The van der Waals surface area contributed by atoms with Crippen LogP contribution in [0.25, 0.3) is 0 Å². The van der Waals surface area contributed by atoms with Crippen molar-refractivity contribution in [1.29, 1.82) is 0 Å². The molecular formula is C5H6KNaO7. The van der Waals surface area contributed by atoms with Crippen molar-refractivity contribution in [2.24, 2.45) is 0 Å². The standard InChI is InChI=1S/C3H6O3.C2H2O4.K.Na/c1-2(4)3(5)6;3-1(4)2(5)6;;/h2,4H,1H3,(H,5,6);(H,3,4)(H,5,6);;/q;;2*+1/p-2. The Morgan fingerprint density at radius 2 is 1.36 bits per heavy atom. The zero-order valence-electron chi connectivity index (χ0n) is 8.01. The molecule has 0 bridgehead atoms. The van der Waals surface area contributed by atoms with Gasteiger partial charge in [0.05, 0.1) is 12.1 Å². The van der Waals surface area contributed by atoms with Crippen LogP contribution in [0, 0.1) is 0 Å². The van der Waals surface area contributed by atoms with Gasteiger partial charge in [-0.25, -0.2) is 4.79 Å². The van der Waals surface area contributed by atoms with E-state index in [1.807, 2.05) is 0 Å². The van der Waals surface area contributed by atoms with E-state index < -0.39 is 24.0 Å². The number of aliphatic hydroxyl groups is 1. The molecule has 0 radical (unpaired) electrons. The number of hydrogen-bond acceptors (Lipinski definition) is 6. The topological polar surface area (TPSA) is 138 Å². The van der Waals surface area contributed by atoms with E-state index in [0.29, 0.717) is 0 Å². The van der Waals surface area contributed by atoms with Crippen molar-refractivity contribution in [3.05, 3.63) is 0 Å². The Morgan fingerprint density at radius 1 is 1.21 bits per heavy atom. The smallest absolute Gasteiger partial charge is 0.547 e. The zero-order valence-corrected chi connectivity index (χ0v) is 13.1. The number of rotatable bonds is 1. The molecular weight excluding hydrogens is 234 g/mol. The summed E-state index contributed by atoms with van der Waals surface area (Å²) in [5.41, 5.74) is 0. The second-order valence-corrected chi connectivity index (χ2v) is 1.59.